The highest BCUT2D eigenvalue weighted by Gasteiger charge is 2.37. The van der Waals surface area contributed by atoms with Gasteiger partial charge in [-0.2, -0.15) is 0 Å². The highest BCUT2D eigenvalue weighted by Crippen LogP contribution is 2.34. The Balaban J connectivity index is 1.41. The smallest absolute Gasteiger partial charge is 0.234 e. The van der Waals surface area contributed by atoms with E-state index in [1.807, 2.05) is 0 Å². The van der Waals surface area contributed by atoms with Gasteiger partial charge in [0.2, 0.25) is 5.91 Å². The van der Waals surface area contributed by atoms with Gasteiger partial charge in [0, 0.05) is 44.8 Å². The highest BCUT2D eigenvalue weighted by molar-refractivity contribution is 5.81. The third kappa shape index (κ3) is 5.10. The summed E-state index contributed by atoms with van der Waals surface area (Å²) in [5.74, 6) is 2.10. The molecule has 0 bridgehead atoms. The van der Waals surface area contributed by atoms with Crippen molar-refractivity contribution in [2.24, 2.45) is 10.9 Å². The fourth-order valence-corrected chi connectivity index (χ4v) is 3.49. The van der Waals surface area contributed by atoms with Crippen LogP contribution in [0.15, 0.2) is 4.99 Å². The number of aliphatic imine (C=N–C) groups is 1. The first-order chi connectivity index (χ1) is 11.7. The van der Waals surface area contributed by atoms with E-state index < -0.39 is 0 Å². The van der Waals surface area contributed by atoms with Crippen LogP contribution in [0, 0.1) is 5.92 Å². The number of carbonyl (C=O) groups is 1. The zero-order valence-corrected chi connectivity index (χ0v) is 15.3. The third-order valence-electron chi connectivity index (χ3n) is 5.19. The van der Waals surface area contributed by atoms with Crippen LogP contribution in [0.3, 0.4) is 0 Å². The highest BCUT2D eigenvalue weighted by atomic mass is 16.2. The van der Waals surface area contributed by atoms with E-state index in [4.69, 9.17) is 0 Å². The summed E-state index contributed by atoms with van der Waals surface area (Å²) in [5, 5.41) is 6.74. The molecular formula is C18H33N5O. The molecule has 2 unspecified atom stereocenters. The summed E-state index contributed by atoms with van der Waals surface area (Å²) in [6.45, 7) is 9.49. The number of piperazine rings is 1. The van der Waals surface area contributed by atoms with Crippen molar-refractivity contribution in [2.45, 2.75) is 58.0 Å². The maximum absolute atomic E-state index is 11.9. The van der Waals surface area contributed by atoms with Crippen molar-refractivity contribution in [2.75, 3.05) is 39.3 Å². The minimum Gasteiger partial charge on any atom is -0.353 e. The lowest BCUT2D eigenvalue weighted by molar-refractivity contribution is -0.122. The van der Waals surface area contributed by atoms with E-state index in [1.54, 1.807) is 0 Å². The van der Waals surface area contributed by atoms with Crippen LogP contribution >= 0.6 is 0 Å². The Hall–Kier alpha value is -1.30. The van der Waals surface area contributed by atoms with Gasteiger partial charge in [0.05, 0.1) is 6.54 Å². The lowest BCUT2D eigenvalue weighted by Crippen LogP contribution is -2.54. The van der Waals surface area contributed by atoms with Gasteiger partial charge in [-0.05, 0) is 38.5 Å². The molecule has 0 spiro atoms. The first kappa shape index (κ1) is 17.5. The lowest BCUT2D eigenvalue weighted by atomic mass is 10.2. The van der Waals surface area contributed by atoms with E-state index in [1.165, 1.54) is 19.3 Å². The molecule has 24 heavy (non-hydrogen) atoms. The first-order valence-corrected chi connectivity index (χ1v) is 9.77. The van der Waals surface area contributed by atoms with E-state index in [2.05, 4.69) is 39.3 Å². The predicted octanol–water partition coefficient (Wildman–Crippen LogP) is 1.04. The summed E-state index contributed by atoms with van der Waals surface area (Å²) in [7, 11) is 0. The van der Waals surface area contributed by atoms with Gasteiger partial charge in [-0.25, -0.2) is 0 Å². The summed E-state index contributed by atoms with van der Waals surface area (Å²) in [4.78, 5) is 21.2. The maximum atomic E-state index is 11.9. The van der Waals surface area contributed by atoms with Crippen molar-refractivity contribution >= 4 is 11.9 Å². The molecular weight excluding hydrogens is 302 g/mol. The molecule has 6 nitrogen and oxygen atoms in total. The summed E-state index contributed by atoms with van der Waals surface area (Å²) < 4.78 is 0. The van der Waals surface area contributed by atoms with Gasteiger partial charge in [0.15, 0.2) is 5.96 Å². The minimum absolute atomic E-state index is 0.187. The van der Waals surface area contributed by atoms with Gasteiger partial charge < -0.3 is 15.5 Å². The number of hydrogen-bond acceptors (Lipinski definition) is 3. The number of nitrogens with zero attached hydrogens (tertiary/aromatic N) is 3. The Kier molecular flexibility index (Phi) is 5.98. The summed E-state index contributed by atoms with van der Waals surface area (Å²) in [5.41, 5.74) is 0. The average Bonchev–Trinajstić information content (AvgIpc) is 3.47. The van der Waals surface area contributed by atoms with Crippen molar-refractivity contribution in [3.05, 3.63) is 0 Å². The second-order valence-electron chi connectivity index (χ2n) is 7.44. The van der Waals surface area contributed by atoms with Crippen LogP contribution in [0.5, 0.6) is 0 Å². The molecule has 3 rings (SSSR count). The van der Waals surface area contributed by atoms with E-state index in [0.29, 0.717) is 18.6 Å². The van der Waals surface area contributed by atoms with Crippen LogP contribution in [-0.2, 0) is 4.79 Å². The molecule has 0 aromatic rings. The molecule has 0 aromatic heterocycles. The van der Waals surface area contributed by atoms with Gasteiger partial charge in [0.1, 0.15) is 0 Å². The van der Waals surface area contributed by atoms with Crippen molar-refractivity contribution < 1.29 is 4.79 Å². The molecule has 2 atom stereocenters. The van der Waals surface area contributed by atoms with Crippen LogP contribution in [0.2, 0.25) is 0 Å². The summed E-state index contributed by atoms with van der Waals surface area (Å²) in [6.07, 6.45) is 6.19. The topological polar surface area (TPSA) is 60.0 Å². The summed E-state index contributed by atoms with van der Waals surface area (Å²) >= 11 is 0. The van der Waals surface area contributed by atoms with Crippen molar-refractivity contribution in [3.63, 3.8) is 0 Å². The molecule has 1 amide bonds. The quantitative estimate of drug-likeness (QED) is 0.539. The first-order valence-electron chi connectivity index (χ1n) is 9.77. The van der Waals surface area contributed by atoms with E-state index in [9.17, 15) is 4.79 Å². The van der Waals surface area contributed by atoms with Crippen molar-refractivity contribution in [3.8, 4) is 0 Å². The van der Waals surface area contributed by atoms with Crippen LogP contribution in [0.1, 0.15) is 46.0 Å². The predicted molar refractivity (Wildman–Crippen MR) is 97.1 cm³/mol. The zero-order chi connectivity index (χ0) is 16.9. The number of carbonyl (C=O) groups excluding carboxylic acids is 1. The molecule has 0 radical (unpaired) electrons. The average molecular weight is 335 g/mol. The van der Waals surface area contributed by atoms with E-state index in [-0.39, 0.29) is 5.91 Å². The molecule has 1 saturated heterocycles. The van der Waals surface area contributed by atoms with E-state index in [0.717, 1.165) is 57.4 Å². The largest absolute Gasteiger partial charge is 0.353 e. The van der Waals surface area contributed by atoms with Gasteiger partial charge in [-0.1, -0.05) is 13.3 Å². The fraction of sp³-hybridized carbons (Fsp3) is 0.889. The number of amides is 1. The number of nitrogens with one attached hydrogen (secondary N) is 2. The maximum Gasteiger partial charge on any atom is 0.234 e. The van der Waals surface area contributed by atoms with E-state index >= 15 is 0 Å². The van der Waals surface area contributed by atoms with Crippen LogP contribution in [0.25, 0.3) is 0 Å². The molecule has 2 saturated carbocycles. The standard InChI is InChI=1S/C18H33N5O/c1-3-5-14-12-16(14)21-18(19-4-2)23-10-8-22(9-11-23)13-17(24)20-15-6-7-15/h14-16H,3-13H2,1-2H3,(H,19,21)(H,20,24). The Bertz CT molecular complexity index is 454. The van der Waals surface area contributed by atoms with Crippen molar-refractivity contribution in [1.29, 1.82) is 0 Å². The Morgan fingerprint density at radius 2 is 1.88 bits per heavy atom. The van der Waals surface area contributed by atoms with Gasteiger partial charge in [-0.15, -0.1) is 0 Å². The van der Waals surface area contributed by atoms with Gasteiger partial charge >= 0.3 is 0 Å². The molecule has 2 aliphatic carbocycles. The molecule has 1 heterocycles. The lowest BCUT2D eigenvalue weighted by Gasteiger charge is -2.36. The number of hydrogen-bond donors (Lipinski definition) is 2. The van der Waals surface area contributed by atoms with Crippen LogP contribution < -0.4 is 10.6 Å². The SMILES string of the molecule is CCCC1CC1NC(=NCC)N1CCN(CC(=O)NC2CC2)CC1. The third-order valence-corrected chi connectivity index (χ3v) is 5.19. The number of guanidine groups is 1. The number of rotatable bonds is 7. The normalized spacial score (nSPS) is 27.9. The van der Waals surface area contributed by atoms with Gasteiger partial charge in [0.25, 0.3) is 0 Å². The molecule has 0 aromatic carbocycles. The molecule has 1 aliphatic heterocycles. The summed E-state index contributed by atoms with van der Waals surface area (Å²) in [6, 6.07) is 1.08. The molecule has 6 heteroatoms. The Labute approximate surface area is 146 Å². The Morgan fingerprint density at radius 1 is 1.12 bits per heavy atom. The van der Waals surface area contributed by atoms with Crippen LogP contribution in [-0.4, -0.2) is 73.0 Å². The molecule has 3 fully saturated rings. The minimum atomic E-state index is 0.187. The second kappa shape index (κ2) is 8.19. The molecule has 2 N–H and O–H groups in total. The van der Waals surface area contributed by atoms with Crippen molar-refractivity contribution in [1.82, 2.24) is 20.4 Å². The zero-order valence-electron chi connectivity index (χ0n) is 15.3. The fourth-order valence-electron chi connectivity index (χ4n) is 3.49. The van der Waals surface area contributed by atoms with Gasteiger partial charge in [-0.3, -0.25) is 14.7 Å². The van der Waals surface area contributed by atoms with Crippen LogP contribution in [0.4, 0.5) is 0 Å². The molecule has 3 aliphatic rings. The monoisotopic (exact) mass is 335 g/mol. The Morgan fingerprint density at radius 3 is 2.50 bits per heavy atom. The molecule has 136 valence electrons. The second-order valence-corrected chi connectivity index (χ2v) is 7.44.